The third-order valence-corrected chi connectivity index (χ3v) is 3.50. The number of aromatic amines is 2. The van der Waals surface area contributed by atoms with Gasteiger partial charge in [-0.15, -0.1) is 0 Å². The maximum atomic E-state index is 12.1. The van der Waals surface area contributed by atoms with E-state index in [2.05, 4.69) is 20.2 Å². The molecule has 0 aliphatic carbocycles. The molecule has 18 heavy (non-hydrogen) atoms. The molecule has 2 N–H and O–H groups in total. The maximum absolute atomic E-state index is 12.1. The van der Waals surface area contributed by atoms with Gasteiger partial charge in [0.15, 0.2) is 10.9 Å². The second-order valence-electron chi connectivity index (χ2n) is 3.75. The Kier molecular flexibility index (Phi) is 2.85. The molecule has 0 fully saturated rings. The summed E-state index contributed by atoms with van der Waals surface area (Å²) in [6.07, 6.45) is 3.19. The zero-order chi connectivity index (χ0) is 12.4. The van der Waals surface area contributed by atoms with Gasteiger partial charge >= 0.3 is 0 Å². The highest BCUT2D eigenvalue weighted by molar-refractivity contribution is 7.99. The van der Waals surface area contributed by atoms with Crippen molar-refractivity contribution in [3.8, 4) is 0 Å². The lowest BCUT2D eigenvalue weighted by atomic mass is 10.1. The lowest BCUT2D eigenvalue weighted by Gasteiger charge is -1.97. The average molecular weight is 258 g/mol. The van der Waals surface area contributed by atoms with Crippen LogP contribution in [0, 0.1) is 0 Å². The van der Waals surface area contributed by atoms with Crippen LogP contribution in [0.25, 0.3) is 10.9 Å². The summed E-state index contributed by atoms with van der Waals surface area (Å²) in [5, 5.41) is 8.07. The lowest BCUT2D eigenvalue weighted by molar-refractivity contribution is 0.102. The van der Waals surface area contributed by atoms with Crippen molar-refractivity contribution >= 4 is 28.4 Å². The highest BCUT2D eigenvalue weighted by Gasteiger charge is 2.12. The summed E-state index contributed by atoms with van der Waals surface area (Å²) in [7, 11) is 0. The molecule has 0 saturated carbocycles. The number of H-pyrrole nitrogens is 2. The molecular weight excluding hydrogens is 248 g/mol. The fraction of sp³-hybridized carbons (Fsp3) is 0.0833. The van der Waals surface area contributed by atoms with Crippen LogP contribution in [0.15, 0.2) is 41.9 Å². The van der Waals surface area contributed by atoms with Gasteiger partial charge in [-0.05, 0) is 6.07 Å². The van der Waals surface area contributed by atoms with Gasteiger partial charge in [0.25, 0.3) is 0 Å². The van der Waals surface area contributed by atoms with Crippen LogP contribution in [-0.2, 0) is 0 Å². The molecule has 0 bridgehead atoms. The van der Waals surface area contributed by atoms with Crippen molar-refractivity contribution in [2.45, 2.75) is 5.16 Å². The second-order valence-corrected chi connectivity index (χ2v) is 4.71. The number of carbonyl (C=O) groups excluding carboxylic acids is 1. The van der Waals surface area contributed by atoms with Crippen LogP contribution in [0.1, 0.15) is 10.4 Å². The predicted octanol–water partition coefficient (Wildman–Crippen LogP) is 2.26. The van der Waals surface area contributed by atoms with Crippen molar-refractivity contribution in [3.05, 3.63) is 42.4 Å². The minimum absolute atomic E-state index is 0.0776. The van der Waals surface area contributed by atoms with E-state index in [-0.39, 0.29) is 5.78 Å². The monoisotopic (exact) mass is 258 g/mol. The van der Waals surface area contributed by atoms with Crippen molar-refractivity contribution in [2.75, 3.05) is 5.75 Å². The molecule has 3 aromatic rings. The third-order valence-electron chi connectivity index (χ3n) is 2.62. The summed E-state index contributed by atoms with van der Waals surface area (Å²) in [4.78, 5) is 19.2. The topological polar surface area (TPSA) is 74.4 Å². The third kappa shape index (κ3) is 2.02. The van der Waals surface area contributed by atoms with E-state index in [0.29, 0.717) is 10.9 Å². The number of aromatic nitrogens is 4. The number of nitrogens with one attached hydrogen (secondary N) is 2. The number of Topliss-reactive ketones (excluding diaryl/α,β-unsaturated/α-hetero) is 1. The standard InChI is InChI=1S/C12H10N4OS/c17-11(6-18-12-14-7-15-16-12)9-5-13-10-4-2-1-3-8(9)10/h1-5,7,13H,6H2,(H,14,15,16). The van der Waals surface area contributed by atoms with E-state index >= 15 is 0 Å². The number of thioether (sulfide) groups is 1. The van der Waals surface area contributed by atoms with Crippen LogP contribution in [0.5, 0.6) is 0 Å². The SMILES string of the molecule is O=C(CSc1ncn[nH]1)c1c[nH]c2ccccc12. The van der Waals surface area contributed by atoms with E-state index in [1.807, 2.05) is 24.3 Å². The minimum Gasteiger partial charge on any atom is -0.360 e. The minimum atomic E-state index is 0.0776. The highest BCUT2D eigenvalue weighted by atomic mass is 32.2. The van der Waals surface area contributed by atoms with Gasteiger partial charge in [-0.3, -0.25) is 9.89 Å². The van der Waals surface area contributed by atoms with Gasteiger partial charge in [-0.2, -0.15) is 5.10 Å². The lowest BCUT2D eigenvalue weighted by Crippen LogP contribution is -2.01. The first-order chi connectivity index (χ1) is 8.84. The molecule has 0 spiro atoms. The fourth-order valence-corrected chi connectivity index (χ4v) is 2.44. The Morgan fingerprint density at radius 3 is 3.06 bits per heavy atom. The normalized spacial score (nSPS) is 10.9. The molecule has 1 aromatic carbocycles. The molecule has 0 radical (unpaired) electrons. The molecule has 2 aromatic heterocycles. The largest absolute Gasteiger partial charge is 0.360 e. The van der Waals surface area contributed by atoms with Crippen LogP contribution < -0.4 is 0 Å². The number of hydrogen-bond donors (Lipinski definition) is 2. The van der Waals surface area contributed by atoms with Crippen LogP contribution in [0.2, 0.25) is 0 Å². The zero-order valence-corrected chi connectivity index (χ0v) is 10.2. The molecule has 0 saturated heterocycles. The quantitative estimate of drug-likeness (QED) is 0.556. The highest BCUT2D eigenvalue weighted by Crippen LogP contribution is 2.20. The molecule has 6 heteroatoms. The first-order valence-electron chi connectivity index (χ1n) is 5.42. The van der Waals surface area contributed by atoms with E-state index < -0.39 is 0 Å². The molecule has 0 atom stereocenters. The van der Waals surface area contributed by atoms with E-state index in [9.17, 15) is 4.79 Å². The van der Waals surface area contributed by atoms with Gasteiger partial charge in [0.2, 0.25) is 0 Å². The summed E-state index contributed by atoms with van der Waals surface area (Å²) in [5.41, 5.74) is 1.70. The molecule has 2 heterocycles. The van der Waals surface area contributed by atoms with Crippen molar-refractivity contribution in [3.63, 3.8) is 0 Å². The number of fused-ring (bicyclic) bond motifs is 1. The van der Waals surface area contributed by atoms with Gasteiger partial charge in [0, 0.05) is 22.7 Å². The smallest absolute Gasteiger partial charge is 0.183 e. The van der Waals surface area contributed by atoms with E-state index in [1.54, 1.807) is 6.20 Å². The number of ketones is 1. The summed E-state index contributed by atoms with van der Waals surface area (Å²) in [6.45, 7) is 0. The molecule has 90 valence electrons. The van der Waals surface area contributed by atoms with Gasteiger partial charge < -0.3 is 4.98 Å². The van der Waals surface area contributed by atoms with Gasteiger partial charge in [0.05, 0.1) is 5.75 Å². The van der Waals surface area contributed by atoms with Gasteiger partial charge in [0.1, 0.15) is 6.33 Å². The Hall–Kier alpha value is -2.08. The second kappa shape index (κ2) is 4.66. The fourth-order valence-electron chi connectivity index (χ4n) is 1.78. The summed E-state index contributed by atoms with van der Waals surface area (Å²) < 4.78 is 0. The Bertz CT molecular complexity index is 674. The predicted molar refractivity (Wildman–Crippen MR) is 69.7 cm³/mol. The van der Waals surface area contributed by atoms with Crippen molar-refractivity contribution in [1.82, 2.24) is 20.2 Å². The summed E-state index contributed by atoms with van der Waals surface area (Å²) >= 11 is 1.35. The van der Waals surface area contributed by atoms with Crippen LogP contribution in [0.4, 0.5) is 0 Å². The molecule has 0 aliphatic heterocycles. The Morgan fingerprint density at radius 1 is 1.33 bits per heavy atom. The summed E-state index contributed by atoms with van der Waals surface area (Å²) in [5.74, 6) is 0.422. The summed E-state index contributed by atoms with van der Waals surface area (Å²) in [6, 6.07) is 7.76. The number of para-hydroxylation sites is 1. The molecule has 5 nitrogen and oxygen atoms in total. The Morgan fingerprint density at radius 2 is 2.22 bits per heavy atom. The van der Waals surface area contributed by atoms with Crippen LogP contribution >= 0.6 is 11.8 Å². The van der Waals surface area contributed by atoms with E-state index in [0.717, 1.165) is 16.5 Å². The first kappa shape index (κ1) is 11.0. The Labute approximate surface area is 107 Å². The molecule has 0 amide bonds. The molecular formula is C12H10N4OS. The molecule has 0 aliphatic rings. The zero-order valence-electron chi connectivity index (χ0n) is 9.38. The van der Waals surface area contributed by atoms with Gasteiger partial charge in [-0.1, -0.05) is 30.0 Å². The Balaban J connectivity index is 1.80. The van der Waals surface area contributed by atoms with Gasteiger partial charge in [-0.25, -0.2) is 4.98 Å². The number of benzene rings is 1. The van der Waals surface area contributed by atoms with Crippen molar-refractivity contribution < 1.29 is 4.79 Å². The van der Waals surface area contributed by atoms with Crippen molar-refractivity contribution in [1.29, 1.82) is 0 Å². The maximum Gasteiger partial charge on any atom is 0.183 e. The number of nitrogens with zero attached hydrogens (tertiary/aromatic N) is 2. The van der Waals surface area contributed by atoms with Crippen LogP contribution in [-0.4, -0.2) is 31.7 Å². The van der Waals surface area contributed by atoms with Crippen LogP contribution in [0.3, 0.4) is 0 Å². The molecule has 0 unspecified atom stereocenters. The number of carbonyl (C=O) groups is 1. The first-order valence-corrected chi connectivity index (χ1v) is 6.40. The number of rotatable bonds is 4. The van der Waals surface area contributed by atoms with E-state index in [1.165, 1.54) is 18.1 Å². The van der Waals surface area contributed by atoms with E-state index in [4.69, 9.17) is 0 Å². The molecule has 3 rings (SSSR count). The average Bonchev–Trinajstić information content (AvgIpc) is 3.05. The van der Waals surface area contributed by atoms with Crippen molar-refractivity contribution in [2.24, 2.45) is 0 Å². The number of hydrogen-bond acceptors (Lipinski definition) is 4.